The van der Waals surface area contributed by atoms with E-state index in [9.17, 15) is 0 Å². The van der Waals surface area contributed by atoms with E-state index in [1.54, 1.807) is 14.2 Å². The third-order valence-corrected chi connectivity index (χ3v) is 5.09. The Hall–Kier alpha value is -0.220. The molecule has 1 atom stereocenters. The summed E-state index contributed by atoms with van der Waals surface area (Å²) < 4.78 is 11.6. The predicted molar refractivity (Wildman–Crippen MR) is 78.4 cm³/mol. The van der Waals surface area contributed by atoms with Gasteiger partial charge in [-0.3, -0.25) is 0 Å². The van der Waals surface area contributed by atoms with E-state index in [1.807, 2.05) is 12.1 Å². The molecule has 0 spiro atoms. The topological polar surface area (TPSA) is 18.5 Å². The zero-order chi connectivity index (χ0) is 13.2. The standard InChI is InChI=1S/C13H18Br2O2/c1-13(2,3)12(15)8-6-10(16-4)11(17-5)7-9(8)14/h6-7,12H,1-5H3. The highest BCUT2D eigenvalue weighted by Crippen LogP contribution is 2.46. The molecule has 0 saturated heterocycles. The van der Waals surface area contributed by atoms with Gasteiger partial charge in [-0.05, 0) is 23.1 Å². The molecule has 0 amide bonds. The first-order valence-electron chi connectivity index (χ1n) is 5.36. The van der Waals surface area contributed by atoms with Gasteiger partial charge in [-0.2, -0.15) is 0 Å². The Kier molecular flexibility index (Phi) is 4.90. The van der Waals surface area contributed by atoms with Crippen molar-refractivity contribution in [2.24, 2.45) is 5.41 Å². The average molecular weight is 366 g/mol. The molecule has 2 nitrogen and oxygen atoms in total. The second kappa shape index (κ2) is 5.61. The van der Waals surface area contributed by atoms with Crippen LogP contribution < -0.4 is 9.47 Å². The Bertz CT molecular complexity index is 397. The highest BCUT2D eigenvalue weighted by atomic mass is 79.9. The second-order valence-electron chi connectivity index (χ2n) is 4.96. The van der Waals surface area contributed by atoms with Crippen LogP contribution in [0.3, 0.4) is 0 Å². The van der Waals surface area contributed by atoms with Crippen LogP contribution >= 0.6 is 31.9 Å². The molecule has 1 rings (SSSR count). The van der Waals surface area contributed by atoms with Crippen molar-refractivity contribution in [3.05, 3.63) is 22.2 Å². The molecular weight excluding hydrogens is 348 g/mol. The van der Waals surface area contributed by atoms with E-state index in [4.69, 9.17) is 9.47 Å². The van der Waals surface area contributed by atoms with Gasteiger partial charge in [0.25, 0.3) is 0 Å². The smallest absolute Gasteiger partial charge is 0.161 e. The number of halogens is 2. The van der Waals surface area contributed by atoms with E-state index in [1.165, 1.54) is 0 Å². The average Bonchev–Trinajstić information content (AvgIpc) is 2.26. The molecule has 17 heavy (non-hydrogen) atoms. The number of methoxy groups -OCH3 is 2. The fourth-order valence-electron chi connectivity index (χ4n) is 1.53. The molecule has 0 aromatic heterocycles. The molecule has 1 aromatic rings. The normalized spacial score (nSPS) is 13.4. The van der Waals surface area contributed by atoms with E-state index in [0.717, 1.165) is 21.5 Å². The van der Waals surface area contributed by atoms with E-state index >= 15 is 0 Å². The van der Waals surface area contributed by atoms with Crippen LogP contribution in [-0.4, -0.2) is 14.2 Å². The number of benzene rings is 1. The molecule has 96 valence electrons. The zero-order valence-corrected chi connectivity index (χ0v) is 14.0. The number of alkyl halides is 1. The summed E-state index contributed by atoms with van der Waals surface area (Å²) in [6, 6.07) is 3.95. The van der Waals surface area contributed by atoms with Gasteiger partial charge in [0.15, 0.2) is 11.5 Å². The Morgan fingerprint density at radius 1 is 1.06 bits per heavy atom. The summed E-state index contributed by atoms with van der Waals surface area (Å²) in [6.07, 6.45) is 0. The lowest BCUT2D eigenvalue weighted by molar-refractivity contribution is 0.352. The molecule has 0 heterocycles. The van der Waals surface area contributed by atoms with Crippen LogP contribution in [0.4, 0.5) is 0 Å². The molecule has 0 radical (unpaired) electrons. The quantitative estimate of drug-likeness (QED) is 0.705. The van der Waals surface area contributed by atoms with E-state index in [2.05, 4.69) is 52.6 Å². The van der Waals surface area contributed by atoms with Gasteiger partial charge in [0.2, 0.25) is 0 Å². The summed E-state index contributed by atoms with van der Waals surface area (Å²) in [5, 5.41) is 0. The first kappa shape index (κ1) is 14.8. The van der Waals surface area contributed by atoms with Gasteiger partial charge < -0.3 is 9.47 Å². The van der Waals surface area contributed by atoms with Crippen LogP contribution in [0.5, 0.6) is 11.5 Å². The first-order chi connectivity index (χ1) is 7.81. The molecule has 1 unspecified atom stereocenters. The fraction of sp³-hybridized carbons (Fsp3) is 0.538. The Labute approximate surface area is 120 Å². The van der Waals surface area contributed by atoms with Gasteiger partial charge in [-0.25, -0.2) is 0 Å². The highest BCUT2D eigenvalue weighted by molar-refractivity contribution is 9.11. The largest absolute Gasteiger partial charge is 0.493 e. The number of hydrogen-bond acceptors (Lipinski definition) is 2. The maximum atomic E-state index is 5.33. The molecule has 0 aliphatic rings. The minimum absolute atomic E-state index is 0.127. The van der Waals surface area contributed by atoms with Crippen molar-refractivity contribution >= 4 is 31.9 Å². The van der Waals surface area contributed by atoms with Crippen molar-refractivity contribution in [2.75, 3.05) is 14.2 Å². The molecule has 1 aromatic carbocycles. The maximum absolute atomic E-state index is 5.33. The Morgan fingerprint density at radius 3 is 1.94 bits per heavy atom. The third kappa shape index (κ3) is 3.38. The molecule has 4 heteroatoms. The lowest BCUT2D eigenvalue weighted by Crippen LogP contribution is -2.13. The molecule has 0 fully saturated rings. The second-order valence-corrected chi connectivity index (χ2v) is 6.73. The summed E-state index contributed by atoms with van der Waals surface area (Å²) in [7, 11) is 3.29. The third-order valence-electron chi connectivity index (χ3n) is 2.54. The van der Waals surface area contributed by atoms with Gasteiger partial charge >= 0.3 is 0 Å². The molecular formula is C13H18Br2O2. The van der Waals surface area contributed by atoms with Crippen molar-refractivity contribution < 1.29 is 9.47 Å². The van der Waals surface area contributed by atoms with E-state index < -0.39 is 0 Å². The Balaban J connectivity index is 3.26. The van der Waals surface area contributed by atoms with Crippen LogP contribution in [0.2, 0.25) is 0 Å². The zero-order valence-electron chi connectivity index (χ0n) is 10.8. The molecule has 0 aliphatic carbocycles. The highest BCUT2D eigenvalue weighted by Gasteiger charge is 2.26. The Morgan fingerprint density at radius 2 is 1.53 bits per heavy atom. The van der Waals surface area contributed by atoms with Crippen LogP contribution in [0.25, 0.3) is 0 Å². The van der Waals surface area contributed by atoms with E-state index in [0.29, 0.717) is 0 Å². The maximum Gasteiger partial charge on any atom is 0.161 e. The van der Waals surface area contributed by atoms with Crippen molar-refractivity contribution in [3.8, 4) is 11.5 Å². The fourth-order valence-corrected chi connectivity index (χ4v) is 2.77. The number of hydrogen-bond donors (Lipinski definition) is 0. The summed E-state index contributed by atoms with van der Waals surface area (Å²) in [6.45, 7) is 6.57. The predicted octanol–water partition coefficient (Wildman–Crippen LogP) is 4.95. The molecule has 0 aliphatic heterocycles. The lowest BCUT2D eigenvalue weighted by atomic mass is 9.88. The van der Waals surface area contributed by atoms with Crippen LogP contribution in [0, 0.1) is 5.41 Å². The number of ether oxygens (including phenoxy) is 2. The SMILES string of the molecule is COc1cc(Br)c(C(Br)C(C)(C)C)cc1OC. The van der Waals surface area contributed by atoms with Gasteiger partial charge in [-0.15, -0.1) is 0 Å². The van der Waals surface area contributed by atoms with Gasteiger partial charge in [-0.1, -0.05) is 52.6 Å². The molecule has 0 N–H and O–H groups in total. The molecule has 0 bridgehead atoms. The van der Waals surface area contributed by atoms with Crippen LogP contribution in [-0.2, 0) is 0 Å². The van der Waals surface area contributed by atoms with Gasteiger partial charge in [0.05, 0.1) is 14.2 Å². The van der Waals surface area contributed by atoms with Gasteiger partial charge in [0.1, 0.15) is 0 Å². The van der Waals surface area contributed by atoms with E-state index in [-0.39, 0.29) is 10.2 Å². The summed E-state index contributed by atoms with van der Waals surface area (Å²) in [5.74, 6) is 1.48. The van der Waals surface area contributed by atoms with Crippen LogP contribution in [0.1, 0.15) is 31.2 Å². The van der Waals surface area contributed by atoms with Crippen molar-refractivity contribution in [3.63, 3.8) is 0 Å². The van der Waals surface area contributed by atoms with Crippen molar-refractivity contribution in [1.29, 1.82) is 0 Å². The summed E-state index contributed by atoms with van der Waals surface area (Å²) >= 11 is 7.32. The molecule has 0 saturated carbocycles. The lowest BCUT2D eigenvalue weighted by Gasteiger charge is -2.27. The summed E-state index contributed by atoms with van der Waals surface area (Å²) in [5.41, 5.74) is 1.29. The minimum Gasteiger partial charge on any atom is -0.493 e. The van der Waals surface area contributed by atoms with Crippen molar-refractivity contribution in [2.45, 2.75) is 25.6 Å². The first-order valence-corrected chi connectivity index (χ1v) is 7.07. The van der Waals surface area contributed by atoms with Crippen molar-refractivity contribution in [1.82, 2.24) is 0 Å². The monoisotopic (exact) mass is 364 g/mol. The minimum atomic E-state index is 0.127. The number of rotatable bonds is 3. The summed E-state index contributed by atoms with van der Waals surface area (Å²) in [4.78, 5) is 0.240. The van der Waals surface area contributed by atoms with Gasteiger partial charge in [0, 0.05) is 9.30 Å². The van der Waals surface area contributed by atoms with Crippen LogP contribution in [0.15, 0.2) is 16.6 Å².